The molecule has 0 aromatic rings. The summed E-state index contributed by atoms with van der Waals surface area (Å²) in [5.74, 6) is -1.25. The minimum atomic E-state index is -0.808. The Labute approximate surface area is 121 Å². The Morgan fingerprint density at radius 3 is 2.40 bits per heavy atom. The van der Waals surface area contributed by atoms with E-state index in [4.69, 9.17) is 5.11 Å². The molecule has 6 nitrogen and oxygen atoms in total. The third kappa shape index (κ3) is 3.62. The highest BCUT2D eigenvalue weighted by atomic mass is 16.4. The number of carboxylic acid groups (broad SMARTS) is 1. The lowest BCUT2D eigenvalue weighted by Gasteiger charge is -2.35. The van der Waals surface area contributed by atoms with Crippen LogP contribution in [0.3, 0.4) is 0 Å². The molecule has 0 spiro atoms. The van der Waals surface area contributed by atoms with Crippen LogP contribution in [-0.4, -0.2) is 77.6 Å². The van der Waals surface area contributed by atoms with E-state index in [0.717, 1.165) is 6.54 Å². The first-order valence-electron chi connectivity index (χ1n) is 7.24. The molecule has 0 radical (unpaired) electrons. The number of carboxylic acids is 1. The van der Waals surface area contributed by atoms with Crippen LogP contribution in [0.25, 0.3) is 0 Å². The highest BCUT2D eigenvalue weighted by molar-refractivity contribution is 5.78. The van der Waals surface area contributed by atoms with Gasteiger partial charge in [0, 0.05) is 31.7 Å². The number of nitrogens with zero attached hydrogens (tertiary/aromatic N) is 3. The standard InChI is InChI=1S/C14H27N3O3/c1-6-16(10(2)9-15(4)5)14(20)17-8-7-12(11(17)3)13(18)19/h10-12H,6-9H2,1-5H3,(H,18,19). The van der Waals surface area contributed by atoms with Gasteiger partial charge in [-0.15, -0.1) is 0 Å². The number of carbonyl (C=O) groups is 2. The third-order valence-corrected chi connectivity index (χ3v) is 4.07. The first-order chi connectivity index (χ1) is 9.29. The minimum Gasteiger partial charge on any atom is -0.481 e. The van der Waals surface area contributed by atoms with Gasteiger partial charge in [0.2, 0.25) is 0 Å². The molecule has 1 heterocycles. The van der Waals surface area contributed by atoms with Gasteiger partial charge in [0.05, 0.1) is 5.92 Å². The number of likely N-dealkylation sites (tertiary alicyclic amines) is 1. The van der Waals surface area contributed by atoms with Gasteiger partial charge in [-0.2, -0.15) is 0 Å². The number of hydrogen-bond acceptors (Lipinski definition) is 3. The van der Waals surface area contributed by atoms with E-state index in [1.165, 1.54) is 0 Å². The van der Waals surface area contributed by atoms with Crippen LogP contribution in [0.4, 0.5) is 4.79 Å². The molecule has 2 amide bonds. The largest absolute Gasteiger partial charge is 0.481 e. The maximum Gasteiger partial charge on any atom is 0.320 e. The molecule has 0 bridgehead atoms. The lowest BCUT2D eigenvalue weighted by molar-refractivity contribution is -0.142. The van der Waals surface area contributed by atoms with E-state index < -0.39 is 11.9 Å². The monoisotopic (exact) mass is 285 g/mol. The molecular weight excluding hydrogens is 258 g/mol. The predicted octanol–water partition coefficient (Wildman–Crippen LogP) is 1.17. The Kier molecular flexibility index (Phi) is 5.80. The van der Waals surface area contributed by atoms with Crippen molar-refractivity contribution >= 4 is 12.0 Å². The number of urea groups is 1. The van der Waals surface area contributed by atoms with E-state index in [2.05, 4.69) is 0 Å². The number of rotatable bonds is 5. The summed E-state index contributed by atoms with van der Waals surface area (Å²) >= 11 is 0. The second-order valence-electron chi connectivity index (χ2n) is 5.85. The maximum atomic E-state index is 12.6. The highest BCUT2D eigenvalue weighted by Crippen LogP contribution is 2.26. The highest BCUT2D eigenvalue weighted by Gasteiger charge is 2.40. The SMILES string of the molecule is CCN(C(=O)N1CCC(C(=O)O)C1C)C(C)CN(C)C. The Balaban J connectivity index is 2.75. The van der Waals surface area contributed by atoms with Crippen LogP contribution in [-0.2, 0) is 4.79 Å². The molecule has 3 atom stereocenters. The van der Waals surface area contributed by atoms with Crippen molar-refractivity contribution < 1.29 is 14.7 Å². The van der Waals surface area contributed by atoms with Crippen LogP contribution >= 0.6 is 0 Å². The Bertz CT molecular complexity index is 360. The molecule has 6 heteroatoms. The summed E-state index contributed by atoms with van der Waals surface area (Å²) in [5, 5.41) is 9.15. The molecule has 3 unspecified atom stereocenters. The van der Waals surface area contributed by atoms with Crippen LogP contribution in [0.5, 0.6) is 0 Å². The van der Waals surface area contributed by atoms with E-state index in [-0.39, 0.29) is 18.1 Å². The van der Waals surface area contributed by atoms with E-state index >= 15 is 0 Å². The zero-order chi connectivity index (χ0) is 15.4. The van der Waals surface area contributed by atoms with Gasteiger partial charge in [0.15, 0.2) is 0 Å². The molecule has 0 aromatic heterocycles. The summed E-state index contributed by atoms with van der Waals surface area (Å²) in [6.45, 7) is 7.77. The van der Waals surface area contributed by atoms with Gasteiger partial charge in [-0.1, -0.05) is 0 Å². The van der Waals surface area contributed by atoms with E-state index in [0.29, 0.717) is 19.5 Å². The number of carbonyl (C=O) groups excluding carboxylic acids is 1. The average Bonchev–Trinajstić information content (AvgIpc) is 2.70. The normalized spacial score (nSPS) is 24.0. The quantitative estimate of drug-likeness (QED) is 0.823. The summed E-state index contributed by atoms with van der Waals surface area (Å²) in [6, 6.07) is -0.169. The molecule has 20 heavy (non-hydrogen) atoms. The number of hydrogen-bond donors (Lipinski definition) is 1. The van der Waals surface area contributed by atoms with Crippen molar-refractivity contribution in [2.24, 2.45) is 5.92 Å². The van der Waals surface area contributed by atoms with Crippen LogP contribution in [0.15, 0.2) is 0 Å². The first kappa shape index (κ1) is 16.8. The van der Waals surface area contributed by atoms with Crippen molar-refractivity contribution in [2.75, 3.05) is 33.7 Å². The molecule has 1 fully saturated rings. The number of likely N-dealkylation sites (N-methyl/N-ethyl adjacent to an activating group) is 2. The van der Waals surface area contributed by atoms with Crippen molar-refractivity contribution in [1.29, 1.82) is 0 Å². The maximum absolute atomic E-state index is 12.6. The lowest BCUT2D eigenvalue weighted by Crippen LogP contribution is -2.51. The number of aliphatic carboxylic acids is 1. The Hall–Kier alpha value is -1.30. The summed E-state index contributed by atoms with van der Waals surface area (Å²) in [6.07, 6.45) is 0.544. The second-order valence-corrected chi connectivity index (χ2v) is 5.85. The van der Waals surface area contributed by atoms with Gasteiger partial charge < -0.3 is 19.8 Å². The molecule has 116 valence electrons. The fraction of sp³-hybridized carbons (Fsp3) is 0.857. The van der Waals surface area contributed by atoms with Crippen molar-refractivity contribution in [2.45, 2.75) is 39.3 Å². The molecule has 1 saturated heterocycles. The Morgan fingerprint density at radius 1 is 1.40 bits per heavy atom. The zero-order valence-electron chi connectivity index (χ0n) is 13.2. The molecule has 0 aliphatic carbocycles. The van der Waals surface area contributed by atoms with Gasteiger partial charge in [-0.3, -0.25) is 4.79 Å². The molecule has 1 aliphatic heterocycles. The average molecular weight is 285 g/mol. The Morgan fingerprint density at radius 2 is 2.00 bits per heavy atom. The molecular formula is C14H27N3O3. The first-order valence-corrected chi connectivity index (χ1v) is 7.24. The summed E-state index contributed by atoms with van der Waals surface area (Å²) in [7, 11) is 3.96. The van der Waals surface area contributed by atoms with E-state index in [1.54, 1.807) is 4.90 Å². The predicted molar refractivity (Wildman–Crippen MR) is 77.7 cm³/mol. The molecule has 1 rings (SSSR count). The smallest absolute Gasteiger partial charge is 0.320 e. The van der Waals surface area contributed by atoms with Crippen molar-refractivity contribution in [3.8, 4) is 0 Å². The molecule has 1 N–H and O–H groups in total. The summed E-state index contributed by atoms with van der Waals surface area (Å²) in [4.78, 5) is 29.3. The van der Waals surface area contributed by atoms with Crippen molar-refractivity contribution in [1.82, 2.24) is 14.7 Å². The van der Waals surface area contributed by atoms with Gasteiger partial charge in [0.25, 0.3) is 0 Å². The van der Waals surface area contributed by atoms with Gasteiger partial charge in [-0.05, 0) is 41.3 Å². The summed E-state index contributed by atoms with van der Waals surface area (Å²) < 4.78 is 0. The second kappa shape index (κ2) is 6.92. The van der Waals surface area contributed by atoms with Gasteiger partial charge in [-0.25, -0.2) is 4.79 Å². The van der Waals surface area contributed by atoms with Crippen LogP contribution in [0.1, 0.15) is 27.2 Å². The zero-order valence-corrected chi connectivity index (χ0v) is 13.2. The fourth-order valence-electron chi connectivity index (χ4n) is 2.97. The topological polar surface area (TPSA) is 64.1 Å². The van der Waals surface area contributed by atoms with Gasteiger partial charge in [0.1, 0.15) is 0 Å². The van der Waals surface area contributed by atoms with Crippen LogP contribution in [0.2, 0.25) is 0 Å². The molecule has 0 saturated carbocycles. The summed E-state index contributed by atoms with van der Waals surface area (Å²) in [5.41, 5.74) is 0. The third-order valence-electron chi connectivity index (χ3n) is 4.07. The van der Waals surface area contributed by atoms with Crippen molar-refractivity contribution in [3.05, 3.63) is 0 Å². The van der Waals surface area contributed by atoms with Crippen LogP contribution in [0, 0.1) is 5.92 Å². The fourth-order valence-corrected chi connectivity index (χ4v) is 2.97. The van der Waals surface area contributed by atoms with Crippen molar-refractivity contribution in [3.63, 3.8) is 0 Å². The van der Waals surface area contributed by atoms with E-state index in [1.807, 2.05) is 44.7 Å². The van der Waals surface area contributed by atoms with Crippen LogP contribution < -0.4 is 0 Å². The molecule has 1 aliphatic rings. The lowest BCUT2D eigenvalue weighted by atomic mass is 10.0. The van der Waals surface area contributed by atoms with Gasteiger partial charge >= 0.3 is 12.0 Å². The number of amides is 2. The van der Waals surface area contributed by atoms with E-state index in [9.17, 15) is 9.59 Å². The minimum absolute atomic E-state index is 0.0434. The molecule has 0 aromatic carbocycles.